The first-order valence-corrected chi connectivity index (χ1v) is 7.89. The highest BCUT2D eigenvalue weighted by molar-refractivity contribution is 9.10. The fourth-order valence-corrected chi connectivity index (χ4v) is 2.79. The van der Waals surface area contributed by atoms with Gasteiger partial charge in [-0.15, -0.1) is 0 Å². The lowest BCUT2D eigenvalue weighted by atomic mass is 10.2. The van der Waals surface area contributed by atoms with E-state index in [0.717, 1.165) is 11.3 Å². The third kappa shape index (κ3) is 4.29. The lowest BCUT2D eigenvalue weighted by Crippen LogP contribution is -2.31. The minimum Gasteiger partial charge on any atom is -0.492 e. The van der Waals surface area contributed by atoms with Gasteiger partial charge in [0.15, 0.2) is 0 Å². The molecule has 0 atom stereocenters. The van der Waals surface area contributed by atoms with Gasteiger partial charge >= 0.3 is 0 Å². The Morgan fingerprint density at radius 3 is 2.59 bits per heavy atom. The van der Waals surface area contributed by atoms with Crippen LogP contribution in [0, 0.1) is 6.92 Å². The summed E-state index contributed by atoms with van der Waals surface area (Å²) in [5.41, 5.74) is 1.04. The average Bonchev–Trinajstić information content (AvgIpc) is 2.31. The van der Waals surface area contributed by atoms with Crippen LogP contribution in [0.2, 0.25) is 0 Å². The number of likely N-dealkylation sites (N-methyl/N-ethyl adjacent to an activating group) is 1. The van der Waals surface area contributed by atoms with E-state index in [1.165, 1.54) is 11.4 Å². The smallest absolute Gasteiger partial charge is 0.224 e. The summed E-state index contributed by atoms with van der Waals surface area (Å²) in [6.45, 7) is 2.63. The van der Waals surface area contributed by atoms with Crippen molar-refractivity contribution in [3.05, 3.63) is 29.8 Å². The molecule has 0 aliphatic carbocycles. The molecule has 0 radical (unpaired) electrons. The molecule has 0 N–H and O–H groups in total. The van der Waals surface area contributed by atoms with Gasteiger partial charge in [-0.25, -0.2) is 12.7 Å². The summed E-state index contributed by atoms with van der Waals surface area (Å²) in [6, 6.07) is 7.65. The average molecular weight is 322 g/mol. The third-order valence-electron chi connectivity index (χ3n) is 2.37. The topological polar surface area (TPSA) is 46.6 Å². The van der Waals surface area contributed by atoms with Gasteiger partial charge in [-0.05, 0) is 18.6 Å². The maximum atomic E-state index is 11.4. The predicted molar refractivity (Wildman–Crippen MR) is 72.0 cm³/mol. The maximum absolute atomic E-state index is 11.4. The number of alkyl halides is 1. The van der Waals surface area contributed by atoms with Crippen LogP contribution >= 0.6 is 15.9 Å². The summed E-state index contributed by atoms with van der Waals surface area (Å²) in [7, 11) is -1.65. The number of rotatable bonds is 6. The molecule has 1 aromatic rings. The molecule has 0 aliphatic heterocycles. The standard InChI is InChI=1S/C11H16BrNO3S/c1-10-5-3-4-6-11(10)16-8-7-13(2)17(14,15)9-12/h3-6H,7-9H2,1-2H3. The largest absolute Gasteiger partial charge is 0.492 e. The Morgan fingerprint density at radius 2 is 2.00 bits per heavy atom. The van der Waals surface area contributed by atoms with Gasteiger partial charge in [0.1, 0.15) is 17.0 Å². The monoisotopic (exact) mass is 321 g/mol. The van der Waals surface area contributed by atoms with Crippen LogP contribution < -0.4 is 4.74 Å². The normalized spacial score (nSPS) is 11.8. The number of hydrogen-bond donors (Lipinski definition) is 0. The molecule has 0 amide bonds. The van der Waals surface area contributed by atoms with E-state index >= 15 is 0 Å². The van der Waals surface area contributed by atoms with E-state index in [4.69, 9.17) is 4.74 Å². The second-order valence-corrected chi connectivity index (χ2v) is 7.04. The highest BCUT2D eigenvalue weighted by Gasteiger charge is 2.15. The second-order valence-electron chi connectivity index (χ2n) is 3.66. The van der Waals surface area contributed by atoms with Crippen LogP contribution in [0.5, 0.6) is 5.75 Å². The molecular weight excluding hydrogens is 306 g/mol. The van der Waals surface area contributed by atoms with Crippen LogP contribution in [0.3, 0.4) is 0 Å². The number of hydrogen-bond acceptors (Lipinski definition) is 3. The van der Waals surface area contributed by atoms with E-state index in [1.807, 2.05) is 31.2 Å². The molecule has 96 valence electrons. The van der Waals surface area contributed by atoms with Crippen molar-refractivity contribution in [3.63, 3.8) is 0 Å². The zero-order valence-corrected chi connectivity index (χ0v) is 12.3. The molecule has 1 rings (SSSR count). The highest BCUT2D eigenvalue weighted by atomic mass is 79.9. The molecule has 0 heterocycles. The molecule has 0 fully saturated rings. The molecule has 6 heteroatoms. The van der Waals surface area contributed by atoms with Crippen LogP contribution in [0.1, 0.15) is 5.56 Å². The molecule has 0 saturated carbocycles. The molecule has 0 bridgehead atoms. The number of benzene rings is 1. The summed E-state index contributed by atoms with van der Waals surface area (Å²) in [4.78, 5) is 0. The number of para-hydroxylation sites is 1. The molecule has 0 spiro atoms. The number of ether oxygens (including phenoxy) is 1. The summed E-state index contributed by atoms with van der Waals surface area (Å²) >= 11 is 2.95. The van der Waals surface area contributed by atoms with Gasteiger partial charge in [-0.2, -0.15) is 0 Å². The molecule has 0 saturated heterocycles. The van der Waals surface area contributed by atoms with Crippen molar-refractivity contribution in [1.82, 2.24) is 4.31 Å². The quantitative estimate of drug-likeness (QED) is 0.753. The fourth-order valence-electron chi connectivity index (χ4n) is 1.22. The molecule has 17 heavy (non-hydrogen) atoms. The van der Waals surface area contributed by atoms with Gasteiger partial charge in [0.2, 0.25) is 10.0 Å². The van der Waals surface area contributed by atoms with E-state index in [9.17, 15) is 8.42 Å². The van der Waals surface area contributed by atoms with E-state index < -0.39 is 10.0 Å². The predicted octanol–water partition coefficient (Wildman–Crippen LogP) is 1.99. The first-order chi connectivity index (χ1) is 7.97. The van der Waals surface area contributed by atoms with Crippen molar-refractivity contribution in [1.29, 1.82) is 0 Å². The van der Waals surface area contributed by atoms with E-state index in [0.29, 0.717) is 13.2 Å². The number of nitrogens with zero attached hydrogens (tertiary/aromatic N) is 1. The molecule has 0 unspecified atom stereocenters. The molecule has 0 aliphatic rings. The Kier molecular flexibility index (Phi) is 5.42. The van der Waals surface area contributed by atoms with Crippen LogP contribution in [0.25, 0.3) is 0 Å². The lowest BCUT2D eigenvalue weighted by Gasteiger charge is -2.16. The zero-order valence-electron chi connectivity index (χ0n) is 9.89. The van der Waals surface area contributed by atoms with Crippen molar-refractivity contribution in [2.75, 3.05) is 24.9 Å². The summed E-state index contributed by atoms with van der Waals surface area (Å²) in [5.74, 6) is 0.789. The van der Waals surface area contributed by atoms with Gasteiger partial charge < -0.3 is 4.74 Å². The van der Waals surface area contributed by atoms with Crippen molar-refractivity contribution < 1.29 is 13.2 Å². The van der Waals surface area contributed by atoms with E-state index in [1.54, 1.807) is 0 Å². The van der Waals surface area contributed by atoms with Crippen molar-refractivity contribution in [3.8, 4) is 5.75 Å². The maximum Gasteiger partial charge on any atom is 0.224 e. The molecule has 1 aromatic carbocycles. The first-order valence-electron chi connectivity index (χ1n) is 5.16. The van der Waals surface area contributed by atoms with Crippen LogP contribution in [0.15, 0.2) is 24.3 Å². The van der Waals surface area contributed by atoms with Gasteiger partial charge in [-0.3, -0.25) is 0 Å². The fraction of sp³-hybridized carbons (Fsp3) is 0.455. The Balaban J connectivity index is 2.47. The second kappa shape index (κ2) is 6.37. The SMILES string of the molecule is Cc1ccccc1OCCN(C)S(=O)(=O)CBr. The highest BCUT2D eigenvalue weighted by Crippen LogP contribution is 2.16. The lowest BCUT2D eigenvalue weighted by molar-refractivity contribution is 0.286. The molecule has 0 aromatic heterocycles. The van der Waals surface area contributed by atoms with Crippen molar-refractivity contribution in [2.24, 2.45) is 0 Å². The van der Waals surface area contributed by atoms with E-state index in [-0.39, 0.29) is 4.66 Å². The summed E-state index contributed by atoms with van der Waals surface area (Å²) in [6.07, 6.45) is 0. The Morgan fingerprint density at radius 1 is 1.35 bits per heavy atom. The minimum atomic E-state index is -3.19. The minimum absolute atomic E-state index is 0.0686. The Hall–Kier alpha value is -0.590. The van der Waals surface area contributed by atoms with E-state index in [2.05, 4.69) is 15.9 Å². The molecular formula is C11H16BrNO3S. The van der Waals surface area contributed by atoms with Crippen LogP contribution in [0.4, 0.5) is 0 Å². The van der Waals surface area contributed by atoms with Gasteiger partial charge in [0.25, 0.3) is 0 Å². The summed E-state index contributed by atoms with van der Waals surface area (Å²) < 4.78 is 29.6. The van der Waals surface area contributed by atoms with Gasteiger partial charge in [0, 0.05) is 13.6 Å². The summed E-state index contributed by atoms with van der Waals surface area (Å²) in [5, 5.41) is 0. The molecule has 4 nitrogen and oxygen atoms in total. The number of sulfonamides is 1. The Bertz CT molecular complexity index is 462. The van der Waals surface area contributed by atoms with Crippen LogP contribution in [-0.2, 0) is 10.0 Å². The zero-order chi connectivity index (χ0) is 12.9. The van der Waals surface area contributed by atoms with Crippen molar-refractivity contribution >= 4 is 26.0 Å². The first kappa shape index (κ1) is 14.5. The third-order valence-corrected chi connectivity index (χ3v) is 5.51. The number of halogens is 1. The number of aryl methyl sites for hydroxylation is 1. The van der Waals surface area contributed by atoms with Gasteiger partial charge in [-0.1, -0.05) is 34.1 Å². The van der Waals surface area contributed by atoms with Gasteiger partial charge in [0.05, 0.1) is 0 Å². The van der Waals surface area contributed by atoms with Crippen molar-refractivity contribution in [2.45, 2.75) is 6.92 Å². The Labute approximate surface area is 111 Å². The van der Waals surface area contributed by atoms with Crippen LogP contribution in [-0.4, -0.2) is 37.6 Å².